The fraction of sp³-hybridized carbons (Fsp3) is 0.100. The van der Waals surface area contributed by atoms with Crippen LogP contribution in [-0.4, -0.2) is 14.9 Å². The Morgan fingerprint density at radius 1 is 1.18 bits per heavy atom. The number of nitro benzene ring substituents is 1. The summed E-state index contributed by atoms with van der Waals surface area (Å²) in [4.78, 5) is 21.7. The third kappa shape index (κ3) is 3.48. The number of nitro groups is 1. The molecular weight excluding hydrogens is 440 g/mol. The molecular formula is C20H15BrN4O2S. The van der Waals surface area contributed by atoms with Crippen LogP contribution in [0.5, 0.6) is 0 Å². The van der Waals surface area contributed by atoms with Crippen LogP contribution in [0.3, 0.4) is 0 Å². The van der Waals surface area contributed by atoms with Crippen LogP contribution in [-0.2, 0) is 6.42 Å². The zero-order chi connectivity index (χ0) is 19.7. The molecule has 0 atom stereocenters. The van der Waals surface area contributed by atoms with Crippen LogP contribution in [0.25, 0.3) is 21.3 Å². The number of non-ortho nitro benzene ring substituents is 1. The van der Waals surface area contributed by atoms with Gasteiger partial charge in [-0.25, -0.2) is 9.97 Å². The van der Waals surface area contributed by atoms with E-state index in [2.05, 4.69) is 50.3 Å². The largest absolute Gasteiger partial charge is 0.339 e. The Balaban J connectivity index is 1.88. The van der Waals surface area contributed by atoms with Gasteiger partial charge in [-0.3, -0.25) is 10.1 Å². The van der Waals surface area contributed by atoms with E-state index in [0.29, 0.717) is 11.5 Å². The molecule has 0 aliphatic heterocycles. The molecule has 2 aromatic carbocycles. The monoisotopic (exact) mass is 454 g/mol. The number of aryl methyl sites for hydroxylation is 1. The summed E-state index contributed by atoms with van der Waals surface area (Å²) in [5, 5.41) is 15.2. The maximum absolute atomic E-state index is 11.1. The lowest BCUT2D eigenvalue weighted by molar-refractivity contribution is -0.384. The molecule has 0 spiro atoms. The third-order valence-electron chi connectivity index (χ3n) is 4.33. The zero-order valence-corrected chi connectivity index (χ0v) is 17.3. The predicted molar refractivity (Wildman–Crippen MR) is 116 cm³/mol. The Morgan fingerprint density at radius 3 is 2.68 bits per heavy atom. The molecule has 0 amide bonds. The van der Waals surface area contributed by atoms with Gasteiger partial charge in [-0.2, -0.15) is 0 Å². The zero-order valence-electron chi connectivity index (χ0n) is 14.8. The molecule has 0 aliphatic rings. The quantitative estimate of drug-likeness (QED) is 0.281. The molecule has 0 saturated carbocycles. The van der Waals surface area contributed by atoms with Gasteiger partial charge in [-0.15, -0.1) is 11.3 Å². The van der Waals surface area contributed by atoms with Crippen molar-refractivity contribution < 1.29 is 4.92 Å². The van der Waals surface area contributed by atoms with Crippen molar-refractivity contribution in [3.63, 3.8) is 0 Å². The van der Waals surface area contributed by atoms with Gasteiger partial charge in [0.1, 0.15) is 17.0 Å². The SMILES string of the molecule is CCc1sc2ncnc(Nc3cccc([N+](=O)[O-])c3)c2c1-c1ccc(Br)cc1. The summed E-state index contributed by atoms with van der Waals surface area (Å²) in [7, 11) is 0. The summed E-state index contributed by atoms with van der Waals surface area (Å²) >= 11 is 5.13. The van der Waals surface area contributed by atoms with Crippen LogP contribution in [0.2, 0.25) is 0 Å². The number of halogens is 1. The standard InChI is InChI=1S/C20H15BrN4O2S/c1-2-16-17(12-6-8-13(21)9-7-12)18-19(22-11-23-20(18)28-16)24-14-4-3-5-15(10-14)25(26)27/h3-11H,2H2,1H3,(H,22,23,24). The van der Waals surface area contributed by atoms with Crippen molar-refractivity contribution in [1.29, 1.82) is 0 Å². The van der Waals surface area contributed by atoms with Gasteiger partial charge >= 0.3 is 0 Å². The van der Waals surface area contributed by atoms with Gasteiger partial charge in [-0.1, -0.05) is 41.1 Å². The van der Waals surface area contributed by atoms with Crippen molar-refractivity contribution in [2.45, 2.75) is 13.3 Å². The molecule has 0 unspecified atom stereocenters. The molecule has 4 aromatic rings. The average Bonchev–Trinajstić information content (AvgIpc) is 3.08. The minimum Gasteiger partial charge on any atom is -0.339 e. The van der Waals surface area contributed by atoms with Crippen LogP contribution in [0.15, 0.2) is 59.3 Å². The van der Waals surface area contributed by atoms with Gasteiger partial charge in [0.2, 0.25) is 0 Å². The normalized spacial score (nSPS) is 10.9. The molecule has 2 aromatic heterocycles. The highest BCUT2D eigenvalue weighted by Gasteiger charge is 2.18. The third-order valence-corrected chi connectivity index (χ3v) is 6.11. The van der Waals surface area contributed by atoms with Crippen LogP contribution in [0, 0.1) is 10.1 Å². The van der Waals surface area contributed by atoms with E-state index in [9.17, 15) is 10.1 Å². The molecule has 6 nitrogen and oxygen atoms in total. The molecule has 4 rings (SSSR count). The minimum absolute atomic E-state index is 0.0306. The number of nitrogens with one attached hydrogen (secondary N) is 1. The molecule has 0 saturated heterocycles. The maximum Gasteiger partial charge on any atom is 0.271 e. The van der Waals surface area contributed by atoms with Gasteiger partial charge in [0.25, 0.3) is 5.69 Å². The molecule has 0 fully saturated rings. The Morgan fingerprint density at radius 2 is 1.96 bits per heavy atom. The smallest absolute Gasteiger partial charge is 0.271 e. The Labute approximate surface area is 173 Å². The maximum atomic E-state index is 11.1. The van der Waals surface area contributed by atoms with Crippen LogP contribution < -0.4 is 5.32 Å². The van der Waals surface area contributed by atoms with Crippen LogP contribution in [0.4, 0.5) is 17.2 Å². The van der Waals surface area contributed by atoms with E-state index < -0.39 is 4.92 Å². The summed E-state index contributed by atoms with van der Waals surface area (Å²) in [6, 6.07) is 14.6. The molecule has 8 heteroatoms. The first-order valence-electron chi connectivity index (χ1n) is 8.60. The topological polar surface area (TPSA) is 81.0 Å². The van der Waals surface area contributed by atoms with E-state index in [4.69, 9.17) is 0 Å². The van der Waals surface area contributed by atoms with E-state index >= 15 is 0 Å². The molecule has 140 valence electrons. The van der Waals surface area contributed by atoms with Gasteiger partial charge in [0.05, 0.1) is 10.3 Å². The molecule has 0 radical (unpaired) electrons. The first-order valence-corrected chi connectivity index (χ1v) is 10.2. The number of hydrogen-bond acceptors (Lipinski definition) is 6. The van der Waals surface area contributed by atoms with Crippen molar-refractivity contribution in [2.75, 3.05) is 5.32 Å². The minimum atomic E-state index is -0.409. The van der Waals surface area contributed by atoms with Gasteiger partial charge in [0.15, 0.2) is 0 Å². The lowest BCUT2D eigenvalue weighted by atomic mass is 10.0. The molecule has 2 heterocycles. The summed E-state index contributed by atoms with van der Waals surface area (Å²) < 4.78 is 1.01. The summed E-state index contributed by atoms with van der Waals surface area (Å²) in [6.45, 7) is 2.12. The van der Waals surface area contributed by atoms with Gasteiger partial charge in [0, 0.05) is 32.7 Å². The molecule has 0 bridgehead atoms. The highest BCUT2D eigenvalue weighted by molar-refractivity contribution is 9.10. The van der Waals surface area contributed by atoms with Crippen molar-refractivity contribution in [3.05, 3.63) is 74.3 Å². The van der Waals surface area contributed by atoms with E-state index in [1.54, 1.807) is 23.5 Å². The number of fused-ring (bicyclic) bond motifs is 1. The number of benzene rings is 2. The van der Waals surface area contributed by atoms with Crippen molar-refractivity contribution in [2.24, 2.45) is 0 Å². The number of nitrogens with zero attached hydrogens (tertiary/aromatic N) is 3. The van der Waals surface area contributed by atoms with E-state index in [-0.39, 0.29) is 5.69 Å². The van der Waals surface area contributed by atoms with E-state index in [1.165, 1.54) is 23.3 Å². The second-order valence-electron chi connectivity index (χ2n) is 6.10. The van der Waals surface area contributed by atoms with Crippen molar-refractivity contribution in [1.82, 2.24) is 9.97 Å². The summed E-state index contributed by atoms with van der Waals surface area (Å²) in [6.07, 6.45) is 2.39. The number of aromatic nitrogens is 2. The molecule has 28 heavy (non-hydrogen) atoms. The second-order valence-corrected chi connectivity index (χ2v) is 8.09. The number of hydrogen-bond donors (Lipinski definition) is 1. The number of rotatable bonds is 5. The Kier molecular flexibility index (Phi) is 5.06. The average molecular weight is 455 g/mol. The second kappa shape index (κ2) is 7.65. The van der Waals surface area contributed by atoms with Crippen LogP contribution in [0.1, 0.15) is 11.8 Å². The lowest BCUT2D eigenvalue weighted by Crippen LogP contribution is -1.97. The summed E-state index contributed by atoms with van der Waals surface area (Å²) in [5.41, 5.74) is 2.83. The summed E-state index contributed by atoms with van der Waals surface area (Å²) in [5.74, 6) is 0.638. The first kappa shape index (κ1) is 18.5. The van der Waals surface area contributed by atoms with E-state index in [1.807, 2.05) is 12.1 Å². The van der Waals surface area contributed by atoms with Crippen molar-refractivity contribution in [3.8, 4) is 11.1 Å². The lowest BCUT2D eigenvalue weighted by Gasteiger charge is -2.09. The Hall–Kier alpha value is -2.84. The van der Waals surface area contributed by atoms with Crippen molar-refractivity contribution >= 4 is 54.7 Å². The van der Waals surface area contributed by atoms with Crippen LogP contribution >= 0.6 is 27.3 Å². The van der Waals surface area contributed by atoms with Gasteiger partial charge < -0.3 is 5.32 Å². The van der Waals surface area contributed by atoms with E-state index in [0.717, 1.165) is 32.2 Å². The highest BCUT2D eigenvalue weighted by Crippen LogP contribution is 2.42. The molecule has 1 N–H and O–H groups in total. The first-order chi connectivity index (χ1) is 13.6. The fourth-order valence-corrected chi connectivity index (χ4v) is 4.44. The predicted octanol–water partition coefficient (Wildman–Crippen LogP) is 6.34. The molecule has 0 aliphatic carbocycles. The Bertz CT molecular complexity index is 1170. The fourth-order valence-electron chi connectivity index (χ4n) is 3.08. The van der Waals surface area contributed by atoms with Gasteiger partial charge in [-0.05, 0) is 30.2 Å². The number of thiophene rings is 1. The number of anilines is 2. The highest BCUT2D eigenvalue weighted by atomic mass is 79.9.